The highest BCUT2D eigenvalue weighted by Crippen LogP contribution is 2.20. The Balaban J connectivity index is 2.11. The van der Waals surface area contributed by atoms with Crippen LogP contribution in [0.5, 0.6) is 0 Å². The van der Waals surface area contributed by atoms with Crippen LogP contribution in [-0.2, 0) is 16.0 Å². The van der Waals surface area contributed by atoms with Crippen LogP contribution in [-0.4, -0.2) is 29.1 Å². The summed E-state index contributed by atoms with van der Waals surface area (Å²) in [6, 6.07) is 13.9. The fraction of sp³-hybridized carbons (Fsp3) is 0.263. The molecule has 1 atom stereocenters. The summed E-state index contributed by atoms with van der Waals surface area (Å²) in [5.41, 5.74) is 3.06. The number of nitrogens with zero attached hydrogens (tertiary/aromatic N) is 1. The van der Waals surface area contributed by atoms with Crippen molar-refractivity contribution in [2.45, 2.75) is 25.9 Å². The Bertz CT molecular complexity index is 680. The number of methoxy groups -OCH3 is 1. The molecule has 1 heterocycles. The van der Waals surface area contributed by atoms with Gasteiger partial charge in [0.15, 0.2) is 5.78 Å². The third-order valence-corrected chi connectivity index (χ3v) is 3.49. The Morgan fingerprint density at radius 2 is 2.13 bits per heavy atom. The molecule has 0 spiro atoms. The molecule has 1 aromatic carbocycles. The highest BCUT2D eigenvalue weighted by atomic mass is 16.5. The molecule has 0 saturated carbocycles. The lowest BCUT2D eigenvalue weighted by molar-refractivity contribution is -0.112. The third kappa shape index (κ3) is 5.34. The second-order valence-electron chi connectivity index (χ2n) is 5.43. The van der Waals surface area contributed by atoms with Crippen LogP contribution in [0.15, 0.2) is 60.5 Å². The van der Waals surface area contributed by atoms with Crippen molar-refractivity contribution in [3.63, 3.8) is 0 Å². The summed E-state index contributed by atoms with van der Waals surface area (Å²) < 4.78 is 5.42. The second-order valence-corrected chi connectivity index (χ2v) is 5.43. The van der Waals surface area contributed by atoms with Crippen molar-refractivity contribution in [3.8, 4) is 11.3 Å². The molecule has 120 valence electrons. The van der Waals surface area contributed by atoms with Gasteiger partial charge in [-0.2, -0.15) is 0 Å². The minimum absolute atomic E-state index is 0.0465. The van der Waals surface area contributed by atoms with Crippen molar-refractivity contribution >= 4 is 5.78 Å². The lowest BCUT2D eigenvalue weighted by Gasteiger charge is -2.15. The van der Waals surface area contributed by atoms with Gasteiger partial charge in [-0.1, -0.05) is 24.3 Å². The summed E-state index contributed by atoms with van der Waals surface area (Å²) in [5, 5.41) is 9.78. The number of pyridine rings is 1. The van der Waals surface area contributed by atoms with Gasteiger partial charge in [0.25, 0.3) is 0 Å². The van der Waals surface area contributed by atoms with E-state index in [1.54, 1.807) is 13.3 Å². The minimum atomic E-state index is -0.190. The third-order valence-electron chi connectivity index (χ3n) is 3.49. The number of rotatable bonds is 7. The van der Waals surface area contributed by atoms with Gasteiger partial charge in [-0.3, -0.25) is 9.78 Å². The Kier molecular flexibility index (Phi) is 6.06. The molecule has 0 aliphatic heterocycles. The van der Waals surface area contributed by atoms with Crippen LogP contribution in [0.2, 0.25) is 0 Å². The quantitative estimate of drug-likeness (QED) is 0.625. The molecule has 0 aliphatic rings. The van der Waals surface area contributed by atoms with Crippen LogP contribution in [0.4, 0.5) is 0 Å². The number of allylic oxidation sites excluding steroid dienone is 1. The standard InChI is InChI=1S/C19H21NO3/c1-14(21)10-17(22)13-18(23-2)12-15-6-5-7-16(11-15)19-8-3-4-9-20-19/h3-11,18,22H,12-13H2,1-2H3/b17-10-. The van der Waals surface area contributed by atoms with Gasteiger partial charge in [0.2, 0.25) is 0 Å². The molecule has 1 unspecified atom stereocenters. The van der Waals surface area contributed by atoms with Crippen molar-refractivity contribution in [2.24, 2.45) is 0 Å². The summed E-state index contributed by atoms with van der Waals surface area (Å²) in [5.74, 6) is -0.125. The molecule has 0 bridgehead atoms. The average molecular weight is 311 g/mol. The summed E-state index contributed by atoms with van der Waals surface area (Å²) >= 11 is 0. The molecule has 0 saturated heterocycles. The van der Waals surface area contributed by atoms with E-state index in [2.05, 4.69) is 11.1 Å². The number of aliphatic hydroxyl groups excluding tert-OH is 1. The van der Waals surface area contributed by atoms with Crippen LogP contribution in [0, 0.1) is 0 Å². The maximum absolute atomic E-state index is 11.0. The van der Waals surface area contributed by atoms with Gasteiger partial charge in [-0.25, -0.2) is 0 Å². The molecular weight excluding hydrogens is 290 g/mol. The van der Waals surface area contributed by atoms with E-state index in [0.29, 0.717) is 12.8 Å². The Morgan fingerprint density at radius 3 is 2.78 bits per heavy atom. The summed E-state index contributed by atoms with van der Waals surface area (Å²) in [4.78, 5) is 15.4. The van der Waals surface area contributed by atoms with Crippen molar-refractivity contribution in [1.82, 2.24) is 4.98 Å². The fourth-order valence-electron chi connectivity index (χ4n) is 2.42. The molecular formula is C19H21NO3. The first-order valence-electron chi connectivity index (χ1n) is 7.51. The van der Waals surface area contributed by atoms with Crippen LogP contribution in [0.25, 0.3) is 11.3 Å². The van der Waals surface area contributed by atoms with Gasteiger partial charge < -0.3 is 9.84 Å². The highest BCUT2D eigenvalue weighted by molar-refractivity contribution is 5.87. The zero-order valence-corrected chi connectivity index (χ0v) is 13.4. The van der Waals surface area contributed by atoms with Crippen LogP contribution >= 0.6 is 0 Å². The fourth-order valence-corrected chi connectivity index (χ4v) is 2.42. The molecule has 1 aromatic heterocycles. The van der Waals surface area contributed by atoms with E-state index in [1.807, 2.05) is 36.4 Å². The zero-order chi connectivity index (χ0) is 16.7. The second kappa shape index (κ2) is 8.25. The summed E-state index contributed by atoms with van der Waals surface area (Å²) in [7, 11) is 1.61. The number of carbonyl (C=O) groups excluding carboxylic acids is 1. The Morgan fingerprint density at radius 1 is 1.30 bits per heavy atom. The number of benzene rings is 1. The number of aliphatic hydroxyl groups is 1. The summed E-state index contributed by atoms with van der Waals surface area (Å²) in [6.45, 7) is 1.41. The van der Waals surface area contributed by atoms with E-state index in [9.17, 15) is 9.90 Å². The van der Waals surface area contributed by atoms with E-state index in [4.69, 9.17) is 4.74 Å². The van der Waals surface area contributed by atoms with E-state index in [1.165, 1.54) is 13.0 Å². The van der Waals surface area contributed by atoms with Gasteiger partial charge in [-0.05, 0) is 37.1 Å². The topological polar surface area (TPSA) is 59.4 Å². The number of ketones is 1. The predicted octanol–water partition coefficient (Wildman–Crippen LogP) is 3.73. The molecule has 23 heavy (non-hydrogen) atoms. The largest absolute Gasteiger partial charge is 0.512 e. The number of hydrogen-bond donors (Lipinski definition) is 1. The first-order valence-corrected chi connectivity index (χ1v) is 7.51. The van der Waals surface area contributed by atoms with E-state index in [0.717, 1.165) is 16.8 Å². The molecule has 4 nitrogen and oxygen atoms in total. The lowest BCUT2D eigenvalue weighted by atomic mass is 10.0. The van der Waals surface area contributed by atoms with Crippen molar-refractivity contribution in [2.75, 3.05) is 7.11 Å². The number of hydrogen-bond acceptors (Lipinski definition) is 4. The van der Waals surface area contributed by atoms with E-state index < -0.39 is 0 Å². The van der Waals surface area contributed by atoms with Crippen molar-refractivity contribution < 1.29 is 14.6 Å². The minimum Gasteiger partial charge on any atom is -0.512 e. The first kappa shape index (κ1) is 16.9. The van der Waals surface area contributed by atoms with Crippen molar-refractivity contribution in [1.29, 1.82) is 0 Å². The van der Waals surface area contributed by atoms with Crippen LogP contribution < -0.4 is 0 Å². The highest BCUT2D eigenvalue weighted by Gasteiger charge is 2.12. The van der Waals surface area contributed by atoms with Gasteiger partial charge in [0.05, 0.1) is 17.6 Å². The molecule has 0 amide bonds. The molecule has 0 fully saturated rings. The van der Waals surface area contributed by atoms with Gasteiger partial charge in [-0.15, -0.1) is 0 Å². The molecule has 1 N–H and O–H groups in total. The smallest absolute Gasteiger partial charge is 0.155 e. The van der Waals surface area contributed by atoms with Crippen LogP contribution in [0.1, 0.15) is 18.9 Å². The maximum Gasteiger partial charge on any atom is 0.155 e. The average Bonchev–Trinajstić information content (AvgIpc) is 2.54. The molecule has 0 aliphatic carbocycles. The molecule has 2 rings (SSSR count). The first-order chi connectivity index (χ1) is 11.1. The van der Waals surface area contributed by atoms with Gasteiger partial charge in [0.1, 0.15) is 0 Å². The van der Waals surface area contributed by atoms with E-state index >= 15 is 0 Å². The normalized spacial score (nSPS) is 12.9. The number of aromatic nitrogens is 1. The number of ether oxygens (including phenoxy) is 1. The Hall–Kier alpha value is -2.46. The van der Waals surface area contributed by atoms with E-state index in [-0.39, 0.29) is 17.6 Å². The predicted molar refractivity (Wildman–Crippen MR) is 90.2 cm³/mol. The monoisotopic (exact) mass is 311 g/mol. The molecule has 0 radical (unpaired) electrons. The number of carbonyl (C=O) groups is 1. The maximum atomic E-state index is 11.0. The Labute approximate surface area is 136 Å². The zero-order valence-electron chi connectivity index (χ0n) is 13.4. The SMILES string of the molecule is COC(C/C(O)=C/C(C)=O)Cc1cccc(-c2ccccn2)c1. The van der Waals surface area contributed by atoms with Crippen molar-refractivity contribution in [3.05, 3.63) is 66.1 Å². The lowest BCUT2D eigenvalue weighted by Crippen LogP contribution is -2.15. The van der Waals surface area contributed by atoms with Gasteiger partial charge >= 0.3 is 0 Å². The van der Waals surface area contributed by atoms with Gasteiger partial charge in [0, 0.05) is 31.4 Å². The summed E-state index contributed by atoms with van der Waals surface area (Å²) in [6.07, 6.45) is 3.77. The van der Waals surface area contributed by atoms with Crippen LogP contribution in [0.3, 0.4) is 0 Å². The molecule has 4 heteroatoms. The molecule has 2 aromatic rings.